The maximum atomic E-state index is 14.6. The third-order valence-corrected chi connectivity index (χ3v) is 3.97. The molecule has 8 N–H and O–H groups in total. The van der Waals surface area contributed by atoms with Crippen LogP contribution < -0.4 is 16.4 Å². The molecule has 0 fully saturated rings. The maximum absolute atomic E-state index is 14.6. The van der Waals surface area contributed by atoms with Crippen LogP contribution in [0.4, 0.5) is 25.8 Å². The number of hydrogen-bond acceptors (Lipinski definition) is 7. The number of anilines is 3. The number of aliphatic hydroxyl groups excluding tert-OH is 1. The second-order valence-corrected chi connectivity index (χ2v) is 5.75. The van der Waals surface area contributed by atoms with E-state index in [0.29, 0.717) is 6.21 Å². The largest absolute Gasteiger partial charge is 0.506 e. The lowest BCUT2D eigenvalue weighted by atomic mass is 10.0. The van der Waals surface area contributed by atoms with Crippen LogP contribution in [0.1, 0.15) is 21.5 Å². The van der Waals surface area contributed by atoms with Gasteiger partial charge in [0.2, 0.25) is 0 Å². The van der Waals surface area contributed by atoms with Crippen LogP contribution in [-0.2, 0) is 0 Å². The quantitative estimate of drug-likeness (QED) is 0.216. The number of hydrogen-bond donors (Lipinski definition) is 7. The lowest BCUT2D eigenvalue weighted by Gasteiger charge is -2.13. The maximum Gasteiger partial charge on any atom is 0.261 e. The van der Waals surface area contributed by atoms with Gasteiger partial charge in [0, 0.05) is 42.1 Å². The van der Waals surface area contributed by atoms with Crippen molar-refractivity contribution >= 4 is 41.1 Å². The molecule has 10 heteroatoms. The zero-order valence-corrected chi connectivity index (χ0v) is 15.2. The average Bonchev–Trinajstić information content (AvgIpc) is 2.68. The highest BCUT2D eigenvalue weighted by atomic mass is 19.1. The lowest BCUT2D eigenvalue weighted by molar-refractivity contribution is 0.101. The van der Waals surface area contributed by atoms with Crippen molar-refractivity contribution in [3.05, 3.63) is 64.4 Å². The Balaban J connectivity index is 2.43. The summed E-state index contributed by atoms with van der Waals surface area (Å²) in [5, 5.41) is 36.7. The van der Waals surface area contributed by atoms with Gasteiger partial charge in [0.25, 0.3) is 5.91 Å². The van der Waals surface area contributed by atoms with Gasteiger partial charge in [-0.25, -0.2) is 8.78 Å². The Hall–Kier alpha value is -4.08. The summed E-state index contributed by atoms with van der Waals surface area (Å²) in [5.41, 5.74) is 4.48. The van der Waals surface area contributed by atoms with Crippen molar-refractivity contribution in [1.29, 1.82) is 16.2 Å². The molecule has 0 aliphatic carbocycles. The second kappa shape index (κ2) is 8.74. The molecule has 2 rings (SSSR count). The molecule has 0 aliphatic heterocycles. The first-order valence-corrected chi connectivity index (χ1v) is 8.15. The molecule has 0 aliphatic rings. The molecular formula is C19H18F2N6O2. The highest BCUT2D eigenvalue weighted by Gasteiger charge is 2.23. The van der Waals surface area contributed by atoms with Crippen LogP contribution in [-0.4, -0.2) is 36.2 Å². The fourth-order valence-corrected chi connectivity index (χ4v) is 2.53. The van der Waals surface area contributed by atoms with E-state index in [2.05, 4.69) is 10.6 Å². The van der Waals surface area contributed by atoms with Gasteiger partial charge in [-0.15, -0.1) is 0 Å². The van der Waals surface area contributed by atoms with Crippen molar-refractivity contribution < 1.29 is 18.7 Å². The number of nitrogen functional groups attached to an aromatic ring is 1. The molecule has 0 bridgehead atoms. The fourth-order valence-electron chi connectivity index (χ4n) is 2.53. The minimum atomic E-state index is -1.20. The molecule has 0 saturated heterocycles. The van der Waals surface area contributed by atoms with E-state index >= 15 is 0 Å². The summed E-state index contributed by atoms with van der Waals surface area (Å²) in [6, 6.07) is 4.86. The number of amides is 1. The summed E-state index contributed by atoms with van der Waals surface area (Å²) < 4.78 is 28.9. The van der Waals surface area contributed by atoms with Crippen LogP contribution in [0.5, 0.6) is 0 Å². The summed E-state index contributed by atoms with van der Waals surface area (Å²) in [4.78, 5) is 12.5. The van der Waals surface area contributed by atoms with Crippen molar-refractivity contribution in [2.45, 2.75) is 0 Å². The molecule has 0 aromatic heterocycles. The van der Waals surface area contributed by atoms with Crippen molar-refractivity contribution in [3.63, 3.8) is 0 Å². The van der Waals surface area contributed by atoms with E-state index in [-0.39, 0.29) is 28.2 Å². The Morgan fingerprint density at radius 2 is 1.93 bits per heavy atom. The van der Waals surface area contributed by atoms with E-state index in [4.69, 9.17) is 22.0 Å². The second-order valence-electron chi connectivity index (χ2n) is 5.75. The number of allylic oxidation sites excluding steroid dienone is 2. The van der Waals surface area contributed by atoms with Crippen molar-refractivity contribution in [3.8, 4) is 0 Å². The minimum absolute atomic E-state index is 0.0169. The van der Waals surface area contributed by atoms with Gasteiger partial charge in [0.1, 0.15) is 28.7 Å². The van der Waals surface area contributed by atoms with E-state index in [0.717, 1.165) is 18.4 Å². The normalized spacial score (nSPS) is 10.9. The van der Waals surface area contributed by atoms with Gasteiger partial charge in [-0.2, -0.15) is 0 Å². The van der Waals surface area contributed by atoms with Crippen molar-refractivity contribution in [2.24, 2.45) is 0 Å². The van der Waals surface area contributed by atoms with Crippen LogP contribution in [0.2, 0.25) is 0 Å². The van der Waals surface area contributed by atoms with E-state index in [9.17, 15) is 18.7 Å². The summed E-state index contributed by atoms with van der Waals surface area (Å²) in [6.07, 6.45) is 2.42. The molecule has 150 valence electrons. The first-order valence-electron chi connectivity index (χ1n) is 8.15. The molecule has 0 spiro atoms. The zero-order chi connectivity index (χ0) is 21.7. The summed E-state index contributed by atoms with van der Waals surface area (Å²) in [5.74, 6) is -3.94. The Morgan fingerprint density at radius 3 is 2.52 bits per heavy atom. The molecule has 0 radical (unpaired) electrons. The molecule has 2 aromatic carbocycles. The molecule has 0 unspecified atom stereocenters. The van der Waals surface area contributed by atoms with Crippen LogP contribution in [0.15, 0.2) is 36.1 Å². The Labute approximate surface area is 164 Å². The van der Waals surface area contributed by atoms with Crippen LogP contribution in [0, 0.1) is 27.9 Å². The van der Waals surface area contributed by atoms with Gasteiger partial charge < -0.3 is 32.3 Å². The van der Waals surface area contributed by atoms with Crippen molar-refractivity contribution in [1.82, 2.24) is 0 Å². The SMILES string of the molecule is CNc1cc(F)c(C(=O)Nc2ccc(N)c(C(=N)/C(O)=C/C=N)c2)c(F)c1C=N. The predicted molar refractivity (Wildman–Crippen MR) is 109 cm³/mol. The summed E-state index contributed by atoms with van der Waals surface area (Å²) >= 11 is 0. The van der Waals surface area contributed by atoms with Crippen LogP contribution in [0.25, 0.3) is 0 Å². The topological polar surface area (TPSA) is 159 Å². The van der Waals surface area contributed by atoms with E-state index in [1.165, 1.54) is 25.2 Å². The Kier molecular flexibility index (Phi) is 6.40. The van der Waals surface area contributed by atoms with E-state index in [1.807, 2.05) is 0 Å². The average molecular weight is 400 g/mol. The Morgan fingerprint density at radius 1 is 1.24 bits per heavy atom. The molecule has 8 nitrogen and oxygen atoms in total. The number of benzene rings is 2. The van der Waals surface area contributed by atoms with Crippen molar-refractivity contribution in [2.75, 3.05) is 23.4 Å². The number of aliphatic hydroxyl groups is 1. The zero-order valence-electron chi connectivity index (χ0n) is 15.2. The summed E-state index contributed by atoms with van der Waals surface area (Å²) in [7, 11) is 1.42. The predicted octanol–water partition coefficient (Wildman–Crippen LogP) is 3.30. The number of nitrogens with one attached hydrogen (secondary N) is 5. The summed E-state index contributed by atoms with van der Waals surface area (Å²) in [6.45, 7) is 0. The first-order chi connectivity index (χ1) is 13.7. The monoisotopic (exact) mass is 400 g/mol. The fraction of sp³-hybridized carbons (Fsp3) is 0.0526. The third kappa shape index (κ3) is 4.26. The van der Waals surface area contributed by atoms with Gasteiger partial charge in [0.15, 0.2) is 0 Å². The van der Waals surface area contributed by atoms with Crippen LogP contribution >= 0.6 is 0 Å². The van der Waals surface area contributed by atoms with Gasteiger partial charge >= 0.3 is 0 Å². The first kappa shape index (κ1) is 21.2. The van der Waals surface area contributed by atoms with Crippen LogP contribution in [0.3, 0.4) is 0 Å². The van der Waals surface area contributed by atoms with E-state index in [1.54, 1.807) is 0 Å². The van der Waals surface area contributed by atoms with Gasteiger partial charge in [-0.1, -0.05) is 0 Å². The van der Waals surface area contributed by atoms with E-state index < -0.39 is 34.6 Å². The van der Waals surface area contributed by atoms with Gasteiger partial charge in [-0.05, 0) is 30.3 Å². The number of rotatable bonds is 7. The molecule has 0 heterocycles. The number of halogens is 2. The molecule has 2 aromatic rings. The smallest absolute Gasteiger partial charge is 0.261 e. The highest BCUT2D eigenvalue weighted by molar-refractivity contribution is 6.14. The molecule has 1 amide bonds. The minimum Gasteiger partial charge on any atom is -0.506 e. The number of carbonyl (C=O) groups is 1. The number of carbonyl (C=O) groups excluding carboxylic acids is 1. The molecule has 29 heavy (non-hydrogen) atoms. The standard InChI is InChI=1S/C19H18F2N6O2/c1-26-14-7-12(20)16(17(21)11(14)8-23)19(29)27-9-2-3-13(24)10(6-9)18(25)15(28)4-5-22/h2-8,22-23,25-26,28H,24H2,1H3,(H,27,29)/b15-4-,22-5?,23-8?,25-18?. The molecule has 0 atom stereocenters. The number of nitrogens with two attached hydrogens (primary N) is 1. The molecule has 0 saturated carbocycles. The molecular weight excluding hydrogens is 382 g/mol. The van der Waals surface area contributed by atoms with Gasteiger partial charge in [-0.3, -0.25) is 10.2 Å². The third-order valence-electron chi connectivity index (χ3n) is 3.97. The lowest BCUT2D eigenvalue weighted by Crippen LogP contribution is -2.18. The highest BCUT2D eigenvalue weighted by Crippen LogP contribution is 2.26. The van der Waals surface area contributed by atoms with Gasteiger partial charge in [0.05, 0.1) is 5.56 Å². The Bertz CT molecular complexity index is 1050.